The zero-order valence-corrected chi connectivity index (χ0v) is 31.6. The second kappa shape index (κ2) is 14.9. The van der Waals surface area contributed by atoms with Gasteiger partial charge in [0.05, 0.1) is 30.0 Å². The van der Waals surface area contributed by atoms with Gasteiger partial charge < -0.3 is 15.1 Å². The first-order valence-electron chi connectivity index (χ1n) is 18.9. The summed E-state index contributed by atoms with van der Waals surface area (Å²) in [5, 5.41) is 16.0. The number of alkyl halides is 3. The molecule has 0 aliphatic carbocycles. The smallest absolute Gasteiger partial charge is 0.338 e. The number of fused-ring (bicyclic) bond motifs is 1. The van der Waals surface area contributed by atoms with Gasteiger partial charge in [0, 0.05) is 53.4 Å². The first-order valence-corrected chi connectivity index (χ1v) is 18.9. The molecule has 292 valence electrons. The summed E-state index contributed by atoms with van der Waals surface area (Å²) in [5.74, 6) is -0.686. The highest BCUT2D eigenvalue weighted by molar-refractivity contribution is 6.08. The van der Waals surface area contributed by atoms with Crippen LogP contribution in [-0.4, -0.2) is 76.7 Å². The summed E-state index contributed by atoms with van der Waals surface area (Å²) >= 11 is 0. The number of amides is 3. The van der Waals surface area contributed by atoms with E-state index in [0.717, 1.165) is 29.1 Å². The minimum absolute atomic E-state index is 0.0350. The molecule has 0 saturated carbocycles. The van der Waals surface area contributed by atoms with Crippen LogP contribution in [0, 0.1) is 19.8 Å². The molecular weight excluding hydrogens is 736 g/mol. The first kappa shape index (κ1) is 37.5. The highest BCUT2D eigenvalue weighted by Crippen LogP contribution is 2.39. The lowest BCUT2D eigenvalue weighted by atomic mass is 9.94. The third kappa shape index (κ3) is 7.48. The van der Waals surface area contributed by atoms with Crippen LogP contribution in [0.5, 0.6) is 0 Å². The van der Waals surface area contributed by atoms with E-state index in [0.29, 0.717) is 78.2 Å². The van der Waals surface area contributed by atoms with E-state index in [1.165, 1.54) is 18.3 Å². The molecule has 0 spiro atoms. The van der Waals surface area contributed by atoms with E-state index < -0.39 is 11.7 Å². The average Bonchev–Trinajstić information content (AvgIpc) is 3.97. The largest absolute Gasteiger partial charge is 0.416 e. The fraction of sp³-hybridized carbons (Fsp3) is 0.310. The molecular formula is C42H40F3N9O3. The zero-order valence-electron chi connectivity index (χ0n) is 31.6. The lowest BCUT2D eigenvalue weighted by Gasteiger charge is -2.32. The Labute approximate surface area is 326 Å². The summed E-state index contributed by atoms with van der Waals surface area (Å²) in [7, 11) is 0. The maximum Gasteiger partial charge on any atom is 0.416 e. The summed E-state index contributed by atoms with van der Waals surface area (Å²) in [6, 6.07) is 20.6. The molecule has 0 bridgehead atoms. The van der Waals surface area contributed by atoms with E-state index >= 15 is 0 Å². The fourth-order valence-corrected chi connectivity index (χ4v) is 7.96. The van der Waals surface area contributed by atoms with Gasteiger partial charge in [-0.1, -0.05) is 42.5 Å². The molecule has 15 heteroatoms. The van der Waals surface area contributed by atoms with Crippen molar-refractivity contribution in [2.75, 3.05) is 25.0 Å². The Balaban J connectivity index is 0.874. The van der Waals surface area contributed by atoms with Crippen LogP contribution in [0.4, 0.5) is 18.9 Å². The van der Waals surface area contributed by atoms with E-state index in [2.05, 4.69) is 25.7 Å². The molecule has 2 fully saturated rings. The highest BCUT2D eigenvalue weighted by atomic mass is 19.4. The number of rotatable bonds is 7. The Hall–Kier alpha value is -6.38. The molecule has 0 radical (unpaired) electrons. The number of carbonyl (C=O) groups is 3. The van der Waals surface area contributed by atoms with Crippen molar-refractivity contribution in [1.29, 1.82) is 0 Å². The first-order chi connectivity index (χ1) is 27.3. The Morgan fingerprint density at radius 1 is 0.842 bits per heavy atom. The number of nitrogens with zero attached hydrogens (tertiary/aromatic N) is 8. The normalized spacial score (nSPS) is 17.6. The number of aromatic nitrogens is 6. The lowest BCUT2D eigenvalue weighted by Crippen LogP contribution is -2.39. The number of carbonyl (C=O) groups excluding carboxylic acids is 3. The summed E-state index contributed by atoms with van der Waals surface area (Å²) in [6.45, 7) is 7.23. The van der Waals surface area contributed by atoms with Crippen LogP contribution < -0.4 is 5.32 Å². The molecule has 2 aliphatic heterocycles. The predicted molar refractivity (Wildman–Crippen MR) is 205 cm³/mol. The Morgan fingerprint density at radius 3 is 2.25 bits per heavy atom. The van der Waals surface area contributed by atoms with Gasteiger partial charge in [0.25, 0.3) is 17.7 Å². The molecule has 2 atom stereocenters. The number of anilines is 1. The van der Waals surface area contributed by atoms with E-state index in [1.807, 2.05) is 49.8 Å². The zero-order chi connectivity index (χ0) is 40.0. The van der Waals surface area contributed by atoms with Crippen LogP contribution in [0.2, 0.25) is 0 Å². The van der Waals surface area contributed by atoms with Gasteiger partial charge in [0.2, 0.25) is 0 Å². The minimum Gasteiger partial charge on any atom is -0.338 e. The van der Waals surface area contributed by atoms with Crippen LogP contribution >= 0.6 is 0 Å². The lowest BCUT2D eigenvalue weighted by molar-refractivity contribution is -0.137. The van der Waals surface area contributed by atoms with Gasteiger partial charge >= 0.3 is 6.18 Å². The topological polar surface area (TPSA) is 131 Å². The number of nitrogens with one attached hydrogen (secondary N) is 1. The van der Waals surface area contributed by atoms with Crippen LogP contribution in [0.15, 0.2) is 91.3 Å². The van der Waals surface area contributed by atoms with Crippen molar-refractivity contribution in [2.24, 2.45) is 5.92 Å². The molecule has 8 rings (SSSR count). The van der Waals surface area contributed by atoms with E-state index in [9.17, 15) is 27.6 Å². The van der Waals surface area contributed by atoms with Crippen molar-refractivity contribution in [3.8, 4) is 11.3 Å². The van der Waals surface area contributed by atoms with Crippen molar-refractivity contribution in [3.05, 3.63) is 130 Å². The predicted octanol–water partition coefficient (Wildman–Crippen LogP) is 7.58. The molecule has 6 aromatic rings. The highest BCUT2D eigenvalue weighted by Gasteiger charge is 2.37. The van der Waals surface area contributed by atoms with Crippen LogP contribution in [0.1, 0.15) is 91.9 Å². The van der Waals surface area contributed by atoms with Crippen LogP contribution in [-0.2, 0) is 6.18 Å². The van der Waals surface area contributed by atoms with Crippen molar-refractivity contribution in [3.63, 3.8) is 0 Å². The quantitative estimate of drug-likeness (QED) is 0.177. The van der Waals surface area contributed by atoms with Gasteiger partial charge in [0.15, 0.2) is 5.65 Å². The maximum absolute atomic E-state index is 13.8. The van der Waals surface area contributed by atoms with Crippen LogP contribution in [0.3, 0.4) is 0 Å². The summed E-state index contributed by atoms with van der Waals surface area (Å²) in [5.41, 5.74) is 5.38. The van der Waals surface area contributed by atoms with E-state index in [1.54, 1.807) is 50.7 Å². The van der Waals surface area contributed by atoms with E-state index in [-0.39, 0.29) is 35.7 Å². The Morgan fingerprint density at radius 2 is 1.54 bits per heavy atom. The SMILES string of the molecule is Cc1cc(C)n2ncc(C(=O)Nc3ccc(-c4cn(C5CCN(C(=O)c6cccc(C(=O)N7CCC(C)C7c7ccc(C(F)(F)F)cc7)c6)CC5)nn4)cc3)c2n1. The maximum atomic E-state index is 13.8. The van der Waals surface area contributed by atoms with Gasteiger partial charge in [0.1, 0.15) is 11.3 Å². The van der Waals surface area contributed by atoms with E-state index in [4.69, 9.17) is 0 Å². The molecule has 12 nitrogen and oxygen atoms in total. The number of benzene rings is 3. The van der Waals surface area contributed by atoms with Gasteiger partial charge in [-0.25, -0.2) is 14.2 Å². The van der Waals surface area contributed by atoms with Gasteiger partial charge in [-0.05, 0) is 93.1 Å². The molecule has 5 heterocycles. The summed E-state index contributed by atoms with van der Waals surface area (Å²) < 4.78 is 43.0. The standard InChI is InChI=1S/C42H40F3N9O3/c1-25-15-20-52(37(25)29-7-11-32(12-8-29)42(43,44)45)41(57)31-6-4-5-30(22-31)40(56)51-18-16-34(17-19-51)53-24-36(49-50-53)28-9-13-33(14-10-28)48-39(55)35-23-46-54-27(3)21-26(2)47-38(35)54/h4-14,21-25,34,37H,15-20H2,1-3H3,(H,48,55). The average molecular weight is 776 g/mol. The monoisotopic (exact) mass is 775 g/mol. The number of hydrogen-bond donors (Lipinski definition) is 1. The van der Waals surface area contributed by atoms with Gasteiger partial charge in [-0.2, -0.15) is 18.3 Å². The number of halogens is 3. The third-order valence-electron chi connectivity index (χ3n) is 11.0. The second-order valence-electron chi connectivity index (χ2n) is 14.9. The fourth-order valence-electron chi connectivity index (χ4n) is 7.96. The summed E-state index contributed by atoms with van der Waals surface area (Å²) in [4.78, 5) is 48.5. The van der Waals surface area contributed by atoms with Gasteiger partial charge in [-0.3, -0.25) is 14.4 Å². The Kier molecular flexibility index (Phi) is 9.84. The molecule has 2 saturated heterocycles. The molecule has 2 aliphatic rings. The molecule has 2 unspecified atom stereocenters. The number of hydrogen-bond acceptors (Lipinski definition) is 7. The molecule has 3 aromatic carbocycles. The molecule has 3 aromatic heterocycles. The molecule has 3 amide bonds. The van der Waals surface area contributed by atoms with Crippen molar-refractivity contribution < 1.29 is 27.6 Å². The van der Waals surface area contributed by atoms with Gasteiger partial charge in [-0.15, -0.1) is 5.10 Å². The number of aryl methyl sites for hydroxylation is 2. The number of likely N-dealkylation sites (tertiary alicyclic amines) is 2. The van der Waals surface area contributed by atoms with Crippen molar-refractivity contribution in [1.82, 2.24) is 39.4 Å². The molecule has 1 N–H and O–H groups in total. The van der Waals surface area contributed by atoms with Crippen molar-refractivity contribution >= 4 is 29.1 Å². The minimum atomic E-state index is -4.44. The molecule has 57 heavy (non-hydrogen) atoms. The summed E-state index contributed by atoms with van der Waals surface area (Å²) in [6.07, 6.45) is 1.00. The third-order valence-corrected chi connectivity index (χ3v) is 11.0. The van der Waals surface area contributed by atoms with Crippen LogP contribution in [0.25, 0.3) is 16.9 Å². The van der Waals surface area contributed by atoms with Crippen molar-refractivity contribution in [2.45, 2.75) is 58.3 Å². The Bertz CT molecular complexity index is 2470. The second-order valence-corrected chi connectivity index (χ2v) is 14.9. The number of piperidine rings is 1.